The Morgan fingerprint density at radius 2 is 1.36 bits per heavy atom. The summed E-state index contributed by atoms with van der Waals surface area (Å²) in [5, 5.41) is 55.8. The number of nitrogen functional groups attached to an aromatic ring is 1. The summed E-state index contributed by atoms with van der Waals surface area (Å²) in [7, 11) is 0. The number of carbonyl (C=O) groups excluding carboxylic acids is 1. The van der Waals surface area contributed by atoms with E-state index in [0.717, 1.165) is 12.0 Å². The molecule has 2 rings (SSSR count). The van der Waals surface area contributed by atoms with Crippen LogP contribution in [0.2, 0.25) is 0 Å². The van der Waals surface area contributed by atoms with Crippen molar-refractivity contribution in [1.29, 1.82) is 5.41 Å². The maximum atomic E-state index is 11.1. The molecule has 2 aromatic rings. The molecule has 0 aliphatic rings. The van der Waals surface area contributed by atoms with E-state index < -0.39 is 52.8 Å². The van der Waals surface area contributed by atoms with E-state index in [4.69, 9.17) is 54.5 Å². The van der Waals surface area contributed by atoms with Crippen LogP contribution < -0.4 is 45.0 Å². The van der Waals surface area contributed by atoms with Gasteiger partial charge in [0.25, 0.3) is 5.69 Å². The molecule has 0 saturated heterocycles. The molecule has 0 heterocycles. The second-order valence-corrected chi connectivity index (χ2v) is 10.9. The van der Waals surface area contributed by atoms with E-state index in [-0.39, 0.29) is 37.0 Å². The molecule has 0 fully saturated rings. The van der Waals surface area contributed by atoms with Gasteiger partial charge in [-0.1, -0.05) is 50.6 Å². The number of aliphatic carboxylic acids is 4. The average Bonchev–Trinajstić information content (AvgIpc) is 3.10. The molecule has 298 valence electrons. The van der Waals surface area contributed by atoms with Crippen molar-refractivity contribution in [1.82, 2.24) is 10.6 Å². The van der Waals surface area contributed by atoms with E-state index in [2.05, 4.69) is 16.4 Å². The minimum absolute atomic E-state index is 0.0213. The van der Waals surface area contributed by atoms with Gasteiger partial charge in [0.05, 0.1) is 11.5 Å². The molecule has 19 N–H and O–H groups in total. The fraction of sp³-hybridized carbons (Fsp3) is 0.438. The molecule has 21 nitrogen and oxygen atoms in total. The molecule has 4 atom stereocenters. The highest BCUT2D eigenvalue weighted by molar-refractivity contribution is 5.77. The number of non-ortho nitro benzene ring substituents is 1. The Balaban J connectivity index is -0.000000613. The van der Waals surface area contributed by atoms with E-state index in [9.17, 15) is 34.1 Å². The number of carbonyl (C=O) groups is 5. The highest BCUT2D eigenvalue weighted by atomic mass is 16.6. The SMILES string of the molecule is CC[C@H](C)[C@H](NCc1ccccc1)C(=O)O.N=C(N)NCCC[C@H](N)C(=O)O.NC(=O)CC[C@H](N)C(=O)O.NCC(=O)O.Nc1ccc([N+](=O)[O-])cc1. The molecule has 0 aromatic heterocycles. The highest BCUT2D eigenvalue weighted by Gasteiger charge is 2.22. The fourth-order valence-corrected chi connectivity index (χ4v) is 3.28. The Bertz CT molecular complexity index is 1380. The van der Waals surface area contributed by atoms with Crippen molar-refractivity contribution in [3.8, 4) is 0 Å². The third kappa shape index (κ3) is 31.8. The Kier molecular flexibility index (Phi) is 30.0. The molecule has 0 aliphatic carbocycles. The first-order valence-corrected chi connectivity index (χ1v) is 15.9. The summed E-state index contributed by atoms with van der Waals surface area (Å²) in [6.07, 6.45) is 1.96. The first-order valence-electron chi connectivity index (χ1n) is 15.9. The monoisotopic (exact) mass is 754 g/mol. The van der Waals surface area contributed by atoms with Crippen LogP contribution in [-0.4, -0.2) is 92.3 Å². The number of anilines is 1. The van der Waals surface area contributed by atoms with Gasteiger partial charge < -0.3 is 65.5 Å². The van der Waals surface area contributed by atoms with E-state index >= 15 is 0 Å². The number of nitrogens with zero attached hydrogens (tertiary/aromatic N) is 1. The van der Waals surface area contributed by atoms with E-state index in [1.165, 1.54) is 24.3 Å². The van der Waals surface area contributed by atoms with Gasteiger partial charge in [-0.25, -0.2) is 0 Å². The summed E-state index contributed by atoms with van der Waals surface area (Å²) < 4.78 is 0. The molecule has 21 heteroatoms. The fourth-order valence-electron chi connectivity index (χ4n) is 3.28. The van der Waals surface area contributed by atoms with Gasteiger partial charge in [0.2, 0.25) is 5.91 Å². The number of amides is 1. The van der Waals surface area contributed by atoms with E-state index in [1.807, 2.05) is 44.2 Å². The predicted molar refractivity (Wildman–Crippen MR) is 197 cm³/mol. The van der Waals surface area contributed by atoms with Gasteiger partial charge in [0, 0.05) is 37.3 Å². The van der Waals surface area contributed by atoms with Gasteiger partial charge in [-0.15, -0.1) is 0 Å². The van der Waals surface area contributed by atoms with Crippen LogP contribution in [-0.2, 0) is 30.5 Å². The summed E-state index contributed by atoms with van der Waals surface area (Å²) in [6.45, 7) is 4.76. The van der Waals surface area contributed by atoms with Crippen LogP contribution in [0.3, 0.4) is 0 Å². The Hall–Kier alpha value is -5.90. The van der Waals surface area contributed by atoms with Crippen LogP contribution in [0.15, 0.2) is 54.6 Å². The minimum atomic E-state index is -1.11. The second kappa shape index (κ2) is 30.9. The van der Waals surface area contributed by atoms with Gasteiger partial charge in [0.1, 0.15) is 18.1 Å². The van der Waals surface area contributed by atoms with Crippen molar-refractivity contribution >= 4 is 47.1 Å². The third-order valence-electron chi connectivity index (χ3n) is 6.47. The number of nitro groups is 1. The average molecular weight is 755 g/mol. The number of carboxylic acid groups (broad SMARTS) is 4. The summed E-state index contributed by atoms with van der Waals surface area (Å²) in [5.74, 6) is -4.36. The zero-order valence-corrected chi connectivity index (χ0v) is 29.7. The number of nitrogens with two attached hydrogens (primary N) is 6. The topological polar surface area (TPSA) is 413 Å². The molecule has 2 aromatic carbocycles. The summed E-state index contributed by atoms with van der Waals surface area (Å²) in [6, 6.07) is 13.3. The third-order valence-corrected chi connectivity index (χ3v) is 6.47. The van der Waals surface area contributed by atoms with E-state index in [1.54, 1.807) is 0 Å². The number of hydrogen-bond acceptors (Lipinski definition) is 13. The molecule has 0 bridgehead atoms. The lowest BCUT2D eigenvalue weighted by Gasteiger charge is -2.20. The zero-order chi connectivity index (χ0) is 41.5. The van der Waals surface area contributed by atoms with Crippen molar-refractivity contribution in [3.05, 3.63) is 70.3 Å². The zero-order valence-electron chi connectivity index (χ0n) is 29.7. The number of primary amides is 1. The largest absolute Gasteiger partial charge is 0.480 e. The van der Waals surface area contributed by atoms with Gasteiger partial charge in [0.15, 0.2) is 5.96 Å². The van der Waals surface area contributed by atoms with Crippen LogP contribution in [0.4, 0.5) is 11.4 Å². The van der Waals surface area contributed by atoms with Crippen LogP contribution in [0.25, 0.3) is 0 Å². The summed E-state index contributed by atoms with van der Waals surface area (Å²) in [5.41, 5.74) is 31.6. The lowest BCUT2D eigenvalue weighted by Crippen LogP contribution is -2.41. The minimum Gasteiger partial charge on any atom is -0.480 e. The second-order valence-electron chi connectivity index (χ2n) is 10.9. The molecular weight excluding hydrogens is 700 g/mol. The molecule has 0 radical (unpaired) electrons. The first kappa shape index (κ1) is 51.5. The number of hydrogen-bond donors (Lipinski definition) is 13. The van der Waals surface area contributed by atoms with Crippen LogP contribution in [0, 0.1) is 21.4 Å². The maximum absolute atomic E-state index is 11.1. The van der Waals surface area contributed by atoms with Crippen molar-refractivity contribution in [2.75, 3.05) is 18.8 Å². The number of nitro benzene ring substituents is 1. The van der Waals surface area contributed by atoms with Crippen LogP contribution in [0.5, 0.6) is 0 Å². The number of rotatable bonds is 17. The lowest BCUT2D eigenvalue weighted by molar-refractivity contribution is -0.384. The lowest BCUT2D eigenvalue weighted by atomic mass is 9.99. The van der Waals surface area contributed by atoms with E-state index in [0.29, 0.717) is 31.6 Å². The Labute approximate surface area is 306 Å². The molecule has 0 aliphatic heterocycles. The van der Waals surface area contributed by atoms with Gasteiger partial charge >= 0.3 is 23.9 Å². The summed E-state index contributed by atoms with van der Waals surface area (Å²) >= 11 is 0. The van der Waals surface area contributed by atoms with Crippen molar-refractivity contribution in [3.63, 3.8) is 0 Å². The van der Waals surface area contributed by atoms with Crippen molar-refractivity contribution in [2.24, 2.45) is 34.6 Å². The number of carboxylic acids is 4. The molecule has 0 saturated carbocycles. The normalized spacial score (nSPS) is 11.9. The maximum Gasteiger partial charge on any atom is 0.320 e. The molecule has 0 unspecified atom stereocenters. The first-order chi connectivity index (χ1) is 24.7. The molecule has 1 amide bonds. The van der Waals surface area contributed by atoms with Gasteiger partial charge in [-0.2, -0.15) is 0 Å². The Morgan fingerprint density at radius 3 is 1.74 bits per heavy atom. The highest BCUT2D eigenvalue weighted by Crippen LogP contribution is 2.12. The van der Waals surface area contributed by atoms with Crippen molar-refractivity contribution < 1.29 is 49.3 Å². The predicted octanol–water partition coefficient (Wildman–Crippen LogP) is -0.192. The summed E-state index contributed by atoms with van der Waals surface area (Å²) in [4.78, 5) is 60.3. The van der Waals surface area contributed by atoms with Crippen LogP contribution in [0.1, 0.15) is 51.5 Å². The number of nitrogens with one attached hydrogen (secondary N) is 3. The standard InChI is InChI=1S/C13H19NO2.C6H14N4O2.C6H6N2O2.C5H10N2O3.C2H5NO2/c1-3-10(2)12(13(15)16)14-9-11-7-5-4-6-8-11;7-4(5(11)12)2-1-3-10-6(8)9;7-5-1-3-6(4-2-5)8(9)10;6-3(5(9)10)1-2-4(7)8;3-1-2(4)5/h4-8,10,12,14H,3,9H2,1-2H3,(H,15,16);4H,1-3,7H2,(H,11,12)(H4,8,9,10);1-4H,7H2;3H,1-2,6H2,(H2,7,8)(H,9,10);1,3H2,(H,4,5)/t10-,12-;4-;;3-;/m00.0./s1. The molecular formula is C32H54N10O11. The molecule has 0 spiro atoms. The molecule has 53 heavy (non-hydrogen) atoms. The van der Waals surface area contributed by atoms with Crippen LogP contribution >= 0.6 is 0 Å². The number of guanidine groups is 1. The number of benzene rings is 2. The quantitative estimate of drug-likeness (QED) is 0.0248. The smallest absolute Gasteiger partial charge is 0.320 e. The van der Waals surface area contributed by atoms with Gasteiger partial charge in [-0.05, 0) is 42.9 Å². The van der Waals surface area contributed by atoms with Crippen molar-refractivity contribution in [2.45, 2.75) is 70.6 Å². The van der Waals surface area contributed by atoms with Gasteiger partial charge in [-0.3, -0.25) is 39.5 Å². The Morgan fingerprint density at radius 1 is 0.868 bits per heavy atom.